The highest BCUT2D eigenvalue weighted by molar-refractivity contribution is 5.15. The highest BCUT2D eigenvalue weighted by Crippen LogP contribution is 2.07. The number of aryl methyl sites for hydroxylation is 1. The smallest absolute Gasteiger partial charge is 0.123 e. The van der Waals surface area contributed by atoms with Crippen molar-refractivity contribution in [1.82, 2.24) is 0 Å². The van der Waals surface area contributed by atoms with Crippen LogP contribution < -0.4 is 5.73 Å². The highest BCUT2D eigenvalue weighted by atomic mass is 19.1. The Labute approximate surface area is 78.8 Å². The average molecular weight is 181 g/mol. The zero-order valence-electron chi connectivity index (χ0n) is 7.96. The number of benzene rings is 1. The van der Waals surface area contributed by atoms with Gasteiger partial charge in [-0.3, -0.25) is 0 Å². The molecule has 1 aromatic rings. The molecule has 0 amide bonds. The third-order valence-corrected chi connectivity index (χ3v) is 2.04. The first-order valence-corrected chi connectivity index (χ1v) is 4.68. The van der Waals surface area contributed by atoms with Gasteiger partial charge >= 0.3 is 0 Å². The molecule has 0 spiro atoms. The van der Waals surface area contributed by atoms with Crippen LogP contribution >= 0.6 is 0 Å². The minimum absolute atomic E-state index is 0.170. The van der Waals surface area contributed by atoms with Crippen molar-refractivity contribution in [3.05, 3.63) is 35.6 Å². The fraction of sp³-hybridized carbons (Fsp3) is 0.455. The van der Waals surface area contributed by atoms with Crippen LogP contribution in [0, 0.1) is 5.82 Å². The maximum absolute atomic E-state index is 12.5. The van der Waals surface area contributed by atoms with Crippen molar-refractivity contribution in [2.75, 3.05) is 0 Å². The lowest BCUT2D eigenvalue weighted by Crippen LogP contribution is -2.14. The summed E-state index contributed by atoms with van der Waals surface area (Å²) >= 11 is 0. The number of hydrogen-bond donors (Lipinski definition) is 1. The molecule has 0 saturated heterocycles. The van der Waals surface area contributed by atoms with Gasteiger partial charge in [-0.05, 0) is 43.9 Å². The fourth-order valence-electron chi connectivity index (χ4n) is 1.28. The van der Waals surface area contributed by atoms with E-state index in [1.807, 2.05) is 19.1 Å². The quantitative estimate of drug-likeness (QED) is 0.758. The van der Waals surface area contributed by atoms with Crippen molar-refractivity contribution in [2.24, 2.45) is 5.73 Å². The lowest BCUT2D eigenvalue weighted by molar-refractivity contribution is 0.617. The summed E-state index contributed by atoms with van der Waals surface area (Å²) < 4.78 is 12.5. The first-order chi connectivity index (χ1) is 6.18. The summed E-state index contributed by atoms with van der Waals surface area (Å²) in [5, 5.41) is 0. The van der Waals surface area contributed by atoms with E-state index in [1.54, 1.807) is 0 Å². The molecule has 72 valence electrons. The van der Waals surface area contributed by atoms with E-state index < -0.39 is 0 Å². The van der Waals surface area contributed by atoms with E-state index in [2.05, 4.69) is 0 Å². The van der Waals surface area contributed by atoms with Gasteiger partial charge in [-0.1, -0.05) is 12.1 Å². The molecule has 0 saturated carbocycles. The SMILES string of the molecule is C[C@@H](N)CCCc1ccc(F)cc1. The third kappa shape index (κ3) is 4.04. The lowest BCUT2D eigenvalue weighted by Gasteiger charge is -2.04. The molecule has 0 aliphatic heterocycles. The van der Waals surface area contributed by atoms with E-state index in [9.17, 15) is 4.39 Å². The van der Waals surface area contributed by atoms with E-state index >= 15 is 0 Å². The molecule has 1 aromatic carbocycles. The predicted octanol–water partition coefficient (Wildman–Crippen LogP) is 2.50. The molecule has 1 nitrogen and oxygen atoms in total. The molecule has 0 fully saturated rings. The maximum Gasteiger partial charge on any atom is 0.123 e. The Hall–Kier alpha value is -0.890. The summed E-state index contributed by atoms with van der Waals surface area (Å²) in [5.41, 5.74) is 6.80. The Morgan fingerprint density at radius 3 is 2.46 bits per heavy atom. The Balaban J connectivity index is 2.33. The summed E-state index contributed by atoms with van der Waals surface area (Å²) in [4.78, 5) is 0. The van der Waals surface area contributed by atoms with Crippen molar-refractivity contribution in [3.8, 4) is 0 Å². The molecule has 2 N–H and O–H groups in total. The van der Waals surface area contributed by atoms with Gasteiger partial charge < -0.3 is 5.73 Å². The second-order valence-electron chi connectivity index (χ2n) is 3.50. The lowest BCUT2D eigenvalue weighted by atomic mass is 10.1. The van der Waals surface area contributed by atoms with Gasteiger partial charge in [-0.15, -0.1) is 0 Å². The van der Waals surface area contributed by atoms with Crippen LogP contribution in [0.25, 0.3) is 0 Å². The molecular formula is C11H16FN. The molecule has 1 atom stereocenters. The second-order valence-corrected chi connectivity index (χ2v) is 3.50. The summed E-state index contributed by atoms with van der Waals surface area (Å²) in [6.07, 6.45) is 3.09. The summed E-state index contributed by atoms with van der Waals surface area (Å²) in [7, 11) is 0. The fourth-order valence-corrected chi connectivity index (χ4v) is 1.28. The van der Waals surface area contributed by atoms with Crippen LogP contribution in [0.4, 0.5) is 4.39 Å². The molecule has 0 aliphatic carbocycles. The molecule has 0 radical (unpaired) electrons. The van der Waals surface area contributed by atoms with Gasteiger partial charge in [-0.2, -0.15) is 0 Å². The minimum Gasteiger partial charge on any atom is -0.328 e. The molecule has 2 heteroatoms. The molecule has 13 heavy (non-hydrogen) atoms. The predicted molar refractivity (Wildman–Crippen MR) is 53.0 cm³/mol. The molecule has 0 bridgehead atoms. The Morgan fingerprint density at radius 1 is 1.31 bits per heavy atom. The molecule has 0 heterocycles. The Kier molecular flexibility index (Phi) is 3.90. The van der Waals surface area contributed by atoms with Crippen LogP contribution in [0.1, 0.15) is 25.3 Å². The van der Waals surface area contributed by atoms with Crippen LogP contribution in [0.3, 0.4) is 0 Å². The van der Waals surface area contributed by atoms with E-state index in [-0.39, 0.29) is 11.9 Å². The molecular weight excluding hydrogens is 165 g/mol. The first-order valence-electron chi connectivity index (χ1n) is 4.68. The second kappa shape index (κ2) is 4.97. The minimum atomic E-state index is -0.170. The van der Waals surface area contributed by atoms with E-state index in [0.29, 0.717) is 0 Å². The monoisotopic (exact) mass is 181 g/mol. The van der Waals surface area contributed by atoms with Crippen LogP contribution in [-0.4, -0.2) is 6.04 Å². The largest absolute Gasteiger partial charge is 0.328 e. The van der Waals surface area contributed by atoms with Crippen LogP contribution in [0.15, 0.2) is 24.3 Å². The van der Waals surface area contributed by atoms with Gasteiger partial charge in [0.15, 0.2) is 0 Å². The van der Waals surface area contributed by atoms with Crippen LogP contribution in [0.2, 0.25) is 0 Å². The third-order valence-electron chi connectivity index (χ3n) is 2.04. The van der Waals surface area contributed by atoms with Crippen molar-refractivity contribution < 1.29 is 4.39 Å². The zero-order valence-corrected chi connectivity index (χ0v) is 7.96. The van der Waals surface area contributed by atoms with Gasteiger partial charge in [0.1, 0.15) is 5.82 Å². The number of hydrogen-bond acceptors (Lipinski definition) is 1. The van der Waals surface area contributed by atoms with Gasteiger partial charge in [0.25, 0.3) is 0 Å². The topological polar surface area (TPSA) is 26.0 Å². The van der Waals surface area contributed by atoms with E-state index in [4.69, 9.17) is 5.73 Å². The first kappa shape index (κ1) is 10.2. The Morgan fingerprint density at radius 2 is 1.92 bits per heavy atom. The van der Waals surface area contributed by atoms with E-state index in [1.165, 1.54) is 17.7 Å². The standard InChI is InChI=1S/C11H16FN/c1-9(13)3-2-4-10-5-7-11(12)8-6-10/h5-9H,2-4,13H2,1H3/t9-/m1/s1. The molecule has 0 aromatic heterocycles. The summed E-state index contributed by atoms with van der Waals surface area (Å²) in [6.45, 7) is 2.00. The highest BCUT2D eigenvalue weighted by Gasteiger charge is 1.96. The Bertz CT molecular complexity index is 241. The normalized spacial score (nSPS) is 12.8. The van der Waals surface area contributed by atoms with Gasteiger partial charge in [-0.25, -0.2) is 4.39 Å². The molecule has 1 rings (SSSR count). The zero-order chi connectivity index (χ0) is 9.68. The average Bonchev–Trinajstić information content (AvgIpc) is 2.08. The van der Waals surface area contributed by atoms with Crippen LogP contribution in [0.5, 0.6) is 0 Å². The summed E-state index contributed by atoms with van der Waals surface area (Å²) in [6, 6.07) is 6.93. The molecule has 0 aliphatic rings. The summed E-state index contributed by atoms with van der Waals surface area (Å²) in [5.74, 6) is -0.170. The van der Waals surface area contributed by atoms with Crippen molar-refractivity contribution in [3.63, 3.8) is 0 Å². The molecule has 0 unspecified atom stereocenters. The van der Waals surface area contributed by atoms with Gasteiger partial charge in [0.2, 0.25) is 0 Å². The van der Waals surface area contributed by atoms with Crippen molar-refractivity contribution in [1.29, 1.82) is 0 Å². The number of rotatable bonds is 4. The van der Waals surface area contributed by atoms with Crippen molar-refractivity contribution >= 4 is 0 Å². The number of nitrogens with two attached hydrogens (primary N) is 1. The van der Waals surface area contributed by atoms with Gasteiger partial charge in [0.05, 0.1) is 0 Å². The number of halogens is 1. The van der Waals surface area contributed by atoms with E-state index in [0.717, 1.165) is 19.3 Å². The maximum atomic E-state index is 12.5. The van der Waals surface area contributed by atoms with Gasteiger partial charge in [0, 0.05) is 6.04 Å². The van der Waals surface area contributed by atoms with Crippen molar-refractivity contribution in [2.45, 2.75) is 32.2 Å². The van der Waals surface area contributed by atoms with Crippen LogP contribution in [-0.2, 0) is 6.42 Å².